The molecule has 2 heterocycles. The Morgan fingerprint density at radius 3 is 2.48 bits per heavy atom. The zero-order chi connectivity index (χ0) is 14.8. The third-order valence-corrected chi connectivity index (χ3v) is 4.45. The molecule has 1 aromatic rings. The van der Waals surface area contributed by atoms with Gasteiger partial charge in [-0.2, -0.15) is 0 Å². The molecule has 0 radical (unpaired) electrons. The maximum atomic E-state index is 11.1. The first-order valence-electron chi connectivity index (χ1n) is 7.03. The number of carbonyl (C=O) groups is 1. The summed E-state index contributed by atoms with van der Waals surface area (Å²) in [7, 11) is 0. The molecule has 0 spiro atoms. The number of carbonyl (C=O) groups excluding carboxylic acids is 1. The minimum absolute atomic E-state index is 0.319. The van der Waals surface area contributed by atoms with Crippen molar-refractivity contribution in [2.75, 3.05) is 31.6 Å². The number of rotatable bonds is 2. The molecule has 1 fully saturated rings. The van der Waals surface area contributed by atoms with Crippen molar-refractivity contribution in [1.82, 2.24) is 4.90 Å². The number of hydrogen-bond donors (Lipinski definition) is 2. The van der Waals surface area contributed by atoms with E-state index in [4.69, 9.17) is 15.2 Å². The van der Waals surface area contributed by atoms with Gasteiger partial charge < -0.3 is 25.4 Å². The number of urea groups is 1. The van der Waals surface area contributed by atoms with E-state index in [1.807, 2.05) is 12.1 Å². The number of primary amides is 1. The Bertz CT molecular complexity index is 545. The largest absolute Gasteiger partial charge is 0.486 e. The maximum Gasteiger partial charge on any atom is 0.314 e. The number of nitrogens with two attached hydrogens (primary N) is 1. The van der Waals surface area contributed by atoms with Crippen LogP contribution in [0.2, 0.25) is 0 Å². The van der Waals surface area contributed by atoms with E-state index in [0.29, 0.717) is 32.3 Å². The van der Waals surface area contributed by atoms with Crippen molar-refractivity contribution in [2.45, 2.75) is 18.9 Å². The third kappa shape index (κ3) is 3.18. The van der Waals surface area contributed by atoms with Gasteiger partial charge >= 0.3 is 6.03 Å². The summed E-state index contributed by atoms with van der Waals surface area (Å²) in [6, 6.07) is 3.86. The molecule has 2 aliphatic rings. The van der Waals surface area contributed by atoms with Gasteiger partial charge in [0.2, 0.25) is 0 Å². The lowest BCUT2D eigenvalue weighted by molar-refractivity contribution is 0.171. The molecule has 114 valence electrons. The summed E-state index contributed by atoms with van der Waals surface area (Å²) in [5, 5.41) is 3.50. The summed E-state index contributed by atoms with van der Waals surface area (Å²) < 4.78 is 12.1. The van der Waals surface area contributed by atoms with E-state index < -0.39 is 0 Å². The highest BCUT2D eigenvalue weighted by Crippen LogP contribution is 2.38. The minimum Gasteiger partial charge on any atom is -0.486 e. The number of piperidine rings is 1. The molecule has 0 aliphatic carbocycles. The van der Waals surface area contributed by atoms with Gasteiger partial charge in [-0.15, -0.1) is 0 Å². The van der Waals surface area contributed by atoms with E-state index in [2.05, 4.69) is 21.2 Å². The van der Waals surface area contributed by atoms with Gasteiger partial charge in [-0.3, -0.25) is 0 Å². The number of hydrogen-bond acceptors (Lipinski definition) is 4. The number of halogens is 1. The molecule has 21 heavy (non-hydrogen) atoms. The average Bonchev–Trinajstić information content (AvgIpc) is 2.48. The molecule has 0 unspecified atom stereocenters. The van der Waals surface area contributed by atoms with Crippen molar-refractivity contribution in [3.05, 3.63) is 16.6 Å². The van der Waals surface area contributed by atoms with E-state index in [-0.39, 0.29) is 6.03 Å². The lowest BCUT2D eigenvalue weighted by atomic mass is 10.0. The van der Waals surface area contributed by atoms with Crippen LogP contribution in [0, 0.1) is 0 Å². The van der Waals surface area contributed by atoms with Gasteiger partial charge in [-0.25, -0.2) is 4.79 Å². The Balaban J connectivity index is 1.67. The Labute approximate surface area is 131 Å². The molecule has 1 saturated heterocycles. The molecule has 1 aromatic carbocycles. The molecular weight excluding hydrogens is 338 g/mol. The molecule has 7 heteroatoms. The van der Waals surface area contributed by atoms with Gasteiger partial charge in [-0.1, -0.05) is 0 Å². The highest BCUT2D eigenvalue weighted by atomic mass is 79.9. The molecule has 2 amide bonds. The second-order valence-corrected chi connectivity index (χ2v) is 6.07. The Hall–Kier alpha value is -1.63. The van der Waals surface area contributed by atoms with Crippen LogP contribution in [0.5, 0.6) is 11.5 Å². The number of amides is 2. The number of nitrogens with zero attached hydrogens (tertiary/aromatic N) is 1. The summed E-state index contributed by atoms with van der Waals surface area (Å²) in [5.41, 5.74) is 6.28. The van der Waals surface area contributed by atoms with E-state index in [9.17, 15) is 4.79 Å². The molecular formula is C14H18BrN3O3. The minimum atomic E-state index is -0.339. The van der Waals surface area contributed by atoms with E-state index in [1.54, 1.807) is 4.90 Å². The highest BCUT2D eigenvalue weighted by Gasteiger charge is 2.22. The predicted molar refractivity (Wildman–Crippen MR) is 82.9 cm³/mol. The van der Waals surface area contributed by atoms with Gasteiger partial charge in [0.05, 0.1) is 5.69 Å². The van der Waals surface area contributed by atoms with Crippen LogP contribution in [-0.2, 0) is 0 Å². The zero-order valence-corrected chi connectivity index (χ0v) is 13.2. The molecule has 6 nitrogen and oxygen atoms in total. The van der Waals surface area contributed by atoms with Crippen molar-refractivity contribution >= 4 is 27.6 Å². The highest BCUT2D eigenvalue weighted by molar-refractivity contribution is 9.10. The Morgan fingerprint density at radius 2 is 1.86 bits per heavy atom. The monoisotopic (exact) mass is 355 g/mol. The van der Waals surface area contributed by atoms with Gasteiger partial charge in [-0.05, 0) is 28.8 Å². The molecule has 3 rings (SSSR count). The zero-order valence-electron chi connectivity index (χ0n) is 11.6. The van der Waals surface area contributed by atoms with Crippen molar-refractivity contribution in [3.63, 3.8) is 0 Å². The van der Waals surface area contributed by atoms with Crippen molar-refractivity contribution in [1.29, 1.82) is 0 Å². The van der Waals surface area contributed by atoms with Crippen molar-refractivity contribution in [2.24, 2.45) is 5.73 Å². The molecule has 3 N–H and O–H groups in total. The fraction of sp³-hybridized carbons (Fsp3) is 0.500. The van der Waals surface area contributed by atoms with Crippen LogP contribution in [0.1, 0.15) is 12.8 Å². The molecule has 2 aliphatic heterocycles. The molecule has 0 bridgehead atoms. The van der Waals surface area contributed by atoms with Crippen LogP contribution in [0.4, 0.5) is 10.5 Å². The fourth-order valence-electron chi connectivity index (χ4n) is 2.64. The van der Waals surface area contributed by atoms with Crippen LogP contribution < -0.4 is 20.5 Å². The third-order valence-electron chi connectivity index (χ3n) is 3.80. The Kier molecular flexibility index (Phi) is 4.10. The van der Waals surface area contributed by atoms with Crippen LogP contribution in [0.25, 0.3) is 0 Å². The quantitative estimate of drug-likeness (QED) is 0.852. The lowest BCUT2D eigenvalue weighted by Gasteiger charge is -2.32. The van der Waals surface area contributed by atoms with Gasteiger partial charge in [0.15, 0.2) is 11.5 Å². The van der Waals surface area contributed by atoms with Gasteiger partial charge in [0.1, 0.15) is 13.2 Å². The summed E-state index contributed by atoms with van der Waals surface area (Å²) in [4.78, 5) is 12.8. The second kappa shape index (κ2) is 6.01. The summed E-state index contributed by atoms with van der Waals surface area (Å²) in [5.74, 6) is 1.53. The topological polar surface area (TPSA) is 76.8 Å². The lowest BCUT2D eigenvalue weighted by Crippen LogP contribution is -2.44. The van der Waals surface area contributed by atoms with Crippen molar-refractivity contribution in [3.8, 4) is 11.5 Å². The number of anilines is 1. The summed E-state index contributed by atoms with van der Waals surface area (Å²) in [6.45, 7) is 2.53. The number of benzene rings is 1. The molecule has 0 saturated carbocycles. The first kappa shape index (κ1) is 14.3. The Morgan fingerprint density at radius 1 is 1.24 bits per heavy atom. The number of fused-ring (bicyclic) bond motifs is 1. The number of ether oxygens (including phenoxy) is 2. The van der Waals surface area contributed by atoms with E-state index >= 15 is 0 Å². The van der Waals surface area contributed by atoms with Crippen LogP contribution in [-0.4, -0.2) is 43.3 Å². The van der Waals surface area contributed by atoms with E-state index in [0.717, 1.165) is 34.5 Å². The number of nitrogens with one attached hydrogen (secondary N) is 1. The van der Waals surface area contributed by atoms with Crippen LogP contribution in [0.3, 0.4) is 0 Å². The number of likely N-dealkylation sites (tertiary alicyclic amines) is 1. The standard InChI is InChI=1S/C14H18BrN3O3/c15-10-7-12-13(21-6-5-20-12)8-11(10)17-9-1-3-18(4-2-9)14(16)19/h7-9,17H,1-6H2,(H2,16,19). The maximum absolute atomic E-state index is 11.1. The molecule has 0 atom stereocenters. The van der Waals surface area contributed by atoms with Crippen LogP contribution in [0.15, 0.2) is 16.6 Å². The summed E-state index contributed by atoms with van der Waals surface area (Å²) in [6.07, 6.45) is 1.76. The molecule has 0 aromatic heterocycles. The predicted octanol–water partition coefficient (Wildman–Crippen LogP) is 2.18. The fourth-order valence-corrected chi connectivity index (χ4v) is 3.08. The first-order valence-corrected chi connectivity index (χ1v) is 7.83. The van der Waals surface area contributed by atoms with E-state index in [1.165, 1.54) is 0 Å². The van der Waals surface area contributed by atoms with Gasteiger partial charge in [0, 0.05) is 35.7 Å². The smallest absolute Gasteiger partial charge is 0.314 e. The normalized spacial score (nSPS) is 18.4. The second-order valence-electron chi connectivity index (χ2n) is 5.22. The first-order chi connectivity index (χ1) is 10.1. The van der Waals surface area contributed by atoms with Crippen molar-refractivity contribution < 1.29 is 14.3 Å². The van der Waals surface area contributed by atoms with Gasteiger partial charge in [0.25, 0.3) is 0 Å². The average molecular weight is 356 g/mol. The summed E-state index contributed by atoms with van der Waals surface area (Å²) >= 11 is 3.55. The van der Waals surface area contributed by atoms with Crippen LogP contribution >= 0.6 is 15.9 Å². The SMILES string of the molecule is NC(=O)N1CCC(Nc2cc3c(cc2Br)OCCO3)CC1.